The highest BCUT2D eigenvalue weighted by Crippen LogP contribution is 2.18. The second kappa shape index (κ2) is 5.88. The third kappa shape index (κ3) is 6.03. The van der Waals surface area contributed by atoms with E-state index in [0.717, 1.165) is 12.8 Å². The van der Waals surface area contributed by atoms with Gasteiger partial charge >= 0.3 is 0 Å². The quantitative estimate of drug-likeness (QED) is 0.451. The van der Waals surface area contributed by atoms with Gasteiger partial charge in [-0.05, 0) is 26.7 Å². The number of nitriles is 1. The minimum atomic E-state index is -0.261. The number of rotatable bonds is 6. The van der Waals surface area contributed by atoms with Gasteiger partial charge in [-0.15, -0.1) is 0 Å². The molecule has 2 nitrogen and oxygen atoms in total. The lowest BCUT2D eigenvalue weighted by Gasteiger charge is -2.20. The Labute approximate surface area is 75.5 Å². The van der Waals surface area contributed by atoms with Crippen LogP contribution in [-0.4, -0.2) is 5.60 Å². The lowest BCUT2D eigenvalue weighted by Crippen LogP contribution is -2.21. The van der Waals surface area contributed by atoms with E-state index in [-0.39, 0.29) is 5.60 Å². The van der Waals surface area contributed by atoms with Crippen molar-refractivity contribution < 1.29 is 4.74 Å². The lowest BCUT2D eigenvalue weighted by molar-refractivity contribution is 0.0607. The molecule has 0 aliphatic heterocycles. The van der Waals surface area contributed by atoms with Gasteiger partial charge in [-0.2, -0.15) is 5.26 Å². The van der Waals surface area contributed by atoms with Crippen LogP contribution >= 0.6 is 0 Å². The third-order valence-corrected chi connectivity index (χ3v) is 1.95. The van der Waals surface area contributed by atoms with Gasteiger partial charge in [-0.3, -0.25) is 0 Å². The van der Waals surface area contributed by atoms with E-state index in [0.29, 0.717) is 0 Å². The molecule has 0 bridgehead atoms. The number of nitrogens with zero attached hydrogens (tertiary/aromatic N) is 1. The minimum Gasteiger partial charge on any atom is -0.421 e. The molecule has 0 aromatic rings. The summed E-state index contributed by atoms with van der Waals surface area (Å²) in [5, 5.41) is 8.33. The first-order chi connectivity index (χ1) is 5.62. The Kier molecular flexibility index (Phi) is 5.53. The van der Waals surface area contributed by atoms with E-state index in [4.69, 9.17) is 10.00 Å². The van der Waals surface area contributed by atoms with Crippen molar-refractivity contribution in [1.29, 1.82) is 5.26 Å². The highest BCUT2D eigenvalue weighted by molar-refractivity contribution is 4.72. The first kappa shape index (κ1) is 11.3. The molecule has 0 atom stereocenters. The maximum absolute atomic E-state index is 8.33. The molecule has 0 radical (unpaired) electrons. The molecule has 0 saturated carbocycles. The summed E-state index contributed by atoms with van der Waals surface area (Å²) >= 11 is 0. The van der Waals surface area contributed by atoms with Gasteiger partial charge in [0.05, 0.1) is 0 Å². The Morgan fingerprint density at radius 3 is 2.42 bits per heavy atom. The van der Waals surface area contributed by atoms with Crippen LogP contribution in [0.5, 0.6) is 0 Å². The Bertz CT molecular complexity index is 146. The monoisotopic (exact) mass is 169 g/mol. The van der Waals surface area contributed by atoms with Crippen LogP contribution in [0.2, 0.25) is 0 Å². The van der Waals surface area contributed by atoms with Gasteiger partial charge in [-0.1, -0.05) is 26.2 Å². The molecule has 0 aromatic heterocycles. The van der Waals surface area contributed by atoms with E-state index in [9.17, 15) is 0 Å². The number of hydrogen-bond acceptors (Lipinski definition) is 2. The first-order valence-electron chi connectivity index (χ1n) is 4.69. The predicted octanol–water partition coefficient (Wildman–Crippen LogP) is 3.23. The maximum atomic E-state index is 8.33. The Morgan fingerprint density at radius 1 is 1.25 bits per heavy atom. The molecule has 0 rings (SSSR count). The Balaban J connectivity index is 3.42. The number of ether oxygens (including phenoxy) is 1. The molecule has 0 heterocycles. The van der Waals surface area contributed by atoms with Crippen LogP contribution in [0.4, 0.5) is 0 Å². The normalized spacial score (nSPS) is 10.8. The number of unbranched alkanes of at least 4 members (excludes halogenated alkanes) is 3. The molecular weight excluding hydrogens is 150 g/mol. The van der Waals surface area contributed by atoms with Crippen molar-refractivity contribution >= 4 is 0 Å². The van der Waals surface area contributed by atoms with Crippen molar-refractivity contribution in [2.45, 2.75) is 58.5 Å². The molecule has 12 heavy (non-hydrogen) atoms. The molecule has 0 spiro atoms. The zero-order valence-electron chi connectivity index (χ0n) is 8.39. The standard InChI is InChI=1S/C10H19NO/c1-4-5-6-7-8-10(2,3)12-9-11/h4-8H2,1-3H3. The molecule has 0 aliphatic carbocycles. The van der Waals surface area contributed by atoms with Gasteiger partial charge in [0, 0.05) is 0 Å². The Hall–Kier alpha value is -0.710. The van der Waals surface area contributed by atoms with Crippen molar-refractivity contribution in [2.24, 2.45) is 0 Å². The van der Waals surface area contributed by atoms with E-state index < -0.39 is 0 Å². The summed E-state index contributed by atoms with van der Waals surface area (Å²) in [6.45, 7) is 6.11. The van der Waals surface area contributed by atoms with E-state index in [1.807, 2.05) is 13.8 Å². The lowest BCUT2D eigenvalue weighted by atomic mass is 10.0. The molecule has 70 valence electrons. The fourth-order valence-corrected chi connectivity index (χ4v) is 1.15. The van der Waals surface area contributed by atoms with Crippen LogP contribution in [0.3, 0.4) is 0 Å². The van der Waals surface area contributed by atoms with Gasteiger partial charge in [0.15, 0.2) is 0 Å². The summed E-state index contributed by atoms with van der Waals surface area (Å²) < 4.78 is 4.92. The predicted molar refractivity (Wildman–Crippen MR) is 49.5 cm³/mol. The molecule has 0 fully saturated rings. The first-order valence-corrected chi connectivity index (χ1v) is 4.69. The van der Waals surface area contributed by atoms with Crippen LogP contribution < -0.4 is 0 Å². The molecule has 0 N–H and O–H groups in total. The van der Waals surface area contributed by atoms with E-state index >= 15 is 0 Å². The smallest absolute Gasteiger partial charge is 0.286 e. The summed E-state index contributed by atoms with van der Waals surface area (Å²) in [6.07, 6.45) is 7.65. The van der Waals surface area contributed by atoms with Gasteiger partial charge in [-0.25, -0.2) is 0 Å². The fourth-order valence-electron chi connectivity index (χ4n) is 1.15. The highest BCUT2D eigenvalue weighted by Gasteiger charge is 2.17. The van der Waals surface area contributed by atoms with Crippen molar-refractivity contribution in [2.75, 3.05) is 0 Å². The average molecular weight is 169 g/mol. The van der Waals surface area contributed by atoms with Crippen molar-refractivity contribution in [1.82, 2.24) is 0 Å². The summed E-state index contributed by atoms with van der Waals surface area (Å²) in [6, 6.07) is 0. The second-order valence-corrected chi connectivity index (χ2v) is 3.76. The zero-order chi connectivity index (χ0) is 9.45. The molecule has 2 heteroatoms. The molecule has 0 amide bonds. The van der Waals surface area contributed by atoms with Crippen molar-refractivity contribution in [3.8, 4) is 6.26 Å². The topological polar surface area (TPSA) is 33.0 Å². The maximum Gasteiger partial charge on any atom is 0.286 e. The van der Waals surface area contributed by atoms with Gasteiger partial charge in [0.25, 0.3) is 6.26 Å². The summed E-state index contributed by atoms with van der Waals surface area (Å²) in [7, 11) is 0. The minimum absolute atomic E-state index is 0.261. The zero-order valence-corrected chi connectivity index (χ0v) is 8.39. The van der Waals surface area contributed by atoms with Crippen LogP contribution in [0.25, 0.3) is 0 Å². The van der Waals surface area contributed by atoms with E-state index in [1.54, 1.807) is 6.26 Å². The van der Waals surface area contributed by atoms with Crippen LogP contribution in [0.15, 0.2) is 0 Å². The SMILES string of the molecule is CCCCCCC(C)(C)OC#N. The molecule has 0 unspecified atom stereocenters. The van der Waals surface area contributed by atoms with Crippen molar-refractivity contribution in [3.05, 3.63) is 0 Å². The van der Waals surface area contributed by atoms with Gasteiger partial charge < -0.3 is 4.74 Å². The fraction of sp³-hybridized carbons (Fsp3) is 0.900. The third-order valence-electron chi connectivity index (χ3n) is 1.95. The summed E-state index contributed by atoms with van der Waals surface area (Å²) in [5.74, 6) is 0. The van der Waals surface area contributed by atoms with E-state index in [2.05, 4.69) is 6.92 Å². The van der Waals surface area contributed by atoms with Gasteiger partial charge in [0.2, 0.25) is 0 Å². The van der Waals surface area contributed by atoms with E-state index in [1.165, 1.54) is 19.3 Å². The van der Waals surface area contributed by atoms with Crippen LogP contribution in [0.1, 0.15) is 52.9 Å². The second-order valence-electron chi connectivity index (χ2n) is 3.76. The summed E-state index contributed by atoms with van der Waals surface area (Å²) in [5.41, 5.74) is -0.261. The molecule has 0 aliphatic rings. The molecule has 0 aromatic carbocycles. The van der Waals surface area contributed by atoms with Crippen LogP contribution in [0, 0.1) is 11.5 Å². The number of hydrogen-bond donors (Lipinski definition) is 0. The largest absolute Gasteiger partial charge is 0.421 e. The average Bonchev–Trinajstić information content (AvgIpc) is 1.98. The Morgan fingerprint density at radius 2 is 1.92 bits per heavy atom. The van der Waals surface area contributed by atoms with Crippen molar-refractivity contribution in [3.63, 3.8) is 0 Å². The van der Waals surface area contributed by atoms with Gasteiger partial charge in [0.1, 0.15) is 5.60 Å². The molecular formula is C10H19NO. The summed E-state index contributed by atoms with van der Waals surface area (Å²) in [4.78, 5) is 0. The van der Waals surface area contributed by atoms with Crippen LogP contribution in [-0.2, 0) is 4.74 Å². The molecule has 0 saturated heterocycles. The highest BCUT2D eigenvalue weighted by atomic mass is 16.5.